The second-order valence-electron chi connectivity index (χ2n) is 7.02. The van der Waals surface area contributed by atoms with Gasteiger partial charge in [0.15, 0.2) is 0 Å². The number of hydrogen-bond acceptors (Lipinski definition) is 6. The molecule has 27 heavy (non-hydrogen) atoms. The Morgan fingerprint density at radius 1 is 1.52 bits per heavy atom. The van der Waals surface area contributed by atoms with Gasteiger partial charge in [-0.05, 0) is 20.1 Å². The van der Waals surface area contributed by atoms with Gasteiger partial charge in [-0.25, -0.2) is 4.57 Å². The van der Waals surface area contributed by atoms with Gasteiger partial charge in [-0.15, -0.1) is 0 Å². The van der Waals surface area contributed by atoms with E-state index in [9.17, 15) is 19.8 Å². The first kappa shape index (κ1) is 18.5. The Morgan fingerprint density at radius 3 is 2.78 bits per heavy atom. The van der Waals surface area contributed by atoms with E-state index in [2.05, 4.69) is 11.5 Å². The van der Waals surface area contributed by atoms with E-state index in [1.165, 1.54) is 16.2 Å². The third-order valence-corrected chi connectivity index (χ3v) is 7.66. The number of imidazole rings is 1. The van der Waals surface area contributed by atoms with Crippen molar-refractivity contribution in [3.8, 4) is 0 Å². The van der Waals surface area contributed by atoms with E-state index in [0.29, 0.717) is 5.57 Å². The summed E-state index contributed by atoms with van der Waals surface area (Å²) in [5.41, 5.74) is 0.577. The molecule has 0 bridgehead atoms. The smallest absolute Gasteiger partial charge is 0.250 e. The predicted molar refractivity (Wildman–Crippen MR) is 99.8 cm³/mol. The fourth-order valence-corrected chi connectivity index (χ4v) is 6.61. The summed E-state index contributed by atoms with van der Waals surface area (Å²) in [6, 6.07) is -0.331. The van der Waals surface area contributed by atoms with Gasteiger partial charge < -0.3 is 19.9 Å². The average molecular weight is 408 g/mol. The number of nitrogens with zero attached hydrogens (tertiary/aromatic N) is 3. The lowest BCUT2D eigenvalue weighted by molar-refractivity contribution is -0.726. The molecule has 2 aromatic heterocycles. The second-order valence-corrected chi connectivity index (χ2v) is 8.85. The van der Waals surface area contributed by atoms with Crippen LogP contribution in [0.2, 0.25) is 0 Å². The number of carboxylic acids is 1. The molecule has 0 saturated carbocycles. The van der Waals surface area contributed by atoms with Crippen molar-refractivity contribution in [2.75, 3.05) is 6.26 Å². The number of amides is 1. The zero-order valence-electron chi connectivity index (χ0n) is 15.5. The molecular formula is C18H21N3O4S2. The van der Waals surface area contributed by atoms with Crippen LogP contribution in [0.4, 0.5) is 0 Å². The van der Waals surface area contributed by atoms with Gasteiger partial charge in [0.05, 0.1) is 41.2 Å². The van der Waals surface area contributed by atoms with Gasteiger partial charge >= 0.3 is 0 Å². The van der Waals surface area contributed by atoms with Crippen LogP contribution in [0, 0.1) is 11.8 Å². The highest BCUT2D eigenvalue weighted by Gasteiger charge is 2.59. The van der Waals surface area contributed by atoms with Gasteiger partial charge in [-0.2, -0.15) is 4.40 Å². The number of carbonyl (C=O) groups excluding carboxylic acids is 2. The molecule has 2 aliphatic rings. The summed E-state index contributed by atoms with van der Waals surface area (Å²) in [5, 5.41) is 23.0. The number of aryl methyl sites for hydroxylation is 1. The van der Waals surface area contributed by atoms with E-state index in [1.54, 1.807) is 18.7 Å². The molecule has 1 fully saturated rings. The van der Waals surface area contributed by atoms with Crippen molar-refractivity contribution in [3.05, 3.63) is 23.1 Å². The summed E-state index contributed by atoms with van der Waals surface area (Å²) in [6.07, 6.45) is 5.13. The molecule has 2 aliphatic heterocycles. The van der Waals surface area contributed by atoms with Crippen molar-refractivity contribution in [3.63, 3.8) is 0 Å². The van der Waals surface area contributed by atoms with Crippen LogP contribution < -0.4 is 9.67 Å². The van der Waals surface area contributed by atoms with E-state index in [4.69, 9.17) is 0 Å². The minimum absolute atomic E-state index is 0.0482. The number of rotatable bonds is 5. The van der Waals surface area contributed by atoms with Gasteiger partial charge in [-0.1, -0.05) is 30.0 Å². The SMILES string of the molecule is CC[n+]1cn2cc(C3=C(C(=O)[O-])N4C(=O)[C@H]([C@@H](C)O)[C@H]4[C@H]3C)sc2c1SC. The maximum atomic E-state index is 12.5. The number of thiazole rings is 1. The van der Waals surface area contributed by atoms with Crippen molar-refractivity contribution in [1.82, 2.24) is 9.30 Å². The fraction of sp³-hybridized carbons (Fsp3) is 0.500. The number of thioether (sulfide) groups is 1. The van der Waals surface area contributed by atoms with Crippen molar-refractivity contribution >= 4 is 45.4 Å². The predicted octanol–water partition coefficient (Wildman–Crippen LogP) is 0.349. The molecule has 0 aromatic carbocycles. The highest BCUT2D eigenvalue weighted by Crippen LogP contribution is 2.51. The topological polar surface area (TPSA) is 89.0 Å². The highest BCUT2D eigenvalue weighted by molar-refractivity contribution is 7.98. The van der Waals surface area contributed by atoms with Crippen molar-refractivity contribution in [2.45, 2.75) is 44.5 Å². The Hall–Kier alpha value is -1.84. The zero-order valence-corrected chi connectivity index (χ0v) is 17.1. The summed E-state index contributed by atoms with van der Waals surface area (Å²) in [5.74, 6) is -2.44. The quantitative estimate of drug-likeness (QED) is 0.439. The van der Waals surface area contributed by atoms with Crippen LogP contribution in [0.1, 0.15) is 25.6 Å². The standard InChI is InChI=1S/C18H21N3O4S2/c1-5-19-7-20-6-10(27-17(20)16(19)26-4)11-8(2)13-12(9(3)22)15(23)21(13)14(11)18(24)25/h6-9,12-13,22H,5H2,1-4H3/t8-,9+,12+,13+/m0/s1. The normalized spacial score (nSPS) is 25.9. The van der Waals surface area contributed by atoms with Crippen LogP contribution in [-0.4, -0.2) is 44.7 Å². The molecule has 0 aliphatic carbocycles. The van der Waals surface area contributed by atoms with Crippen molar-refractivity contribution < 1.29 is 24.4 Å². The summed E-state index contributed by atoms with van der Waals surface area (Å²) >= 11 is 3.17. The van der Waals surface area contributed by atoms with Gasteiger partial charge in [0.25, 0.3) is 6.33 Å². The Morgan fingerprint density at radius 2 is 2.22 bits per heavy atom. The molecule has 0 unspecified atom stereocenters. The molecule has 2 aromatic rings. The van der Waals surface area contributed by atoms with E-state index < -0.39 is 18.0 Å². The number of carboxylic acid groups (broad SMARTS) is 1. The Labute approximate surface area is 164 Å². The third-order valence-electron chi connectivity index (χ3n) is 5.57. The van der Waals surface area contributed by atoms with Crippen molar-refractivity contribution in [2.24, 2.45) is 11.8 Å². The summed E-state index contributed by atoms with van der Waals surface area (Å²) in [4.78, 5) is 27.5. The second kappa shape index (κ2) is 6.35. The lowest BCUT2D eigenvalue weighted by atomic mass is 9.77. The number of β-lactam (4-membered cyclic amide) rings is 1. The number of aliphatic carboxylic acids is 1. The minimum Gasteiger partial charge on any atom is -0.543 e. The molecule has 0 radical (unpaired) electrons. The van der Waals surface area contributed by atoms with Gasteiger partial charge in [0.2, 0.25) is 15.8 Å². The maximum absolute atomic E-state index is 12.5. The Kier molecular flexibility index (Phi) is 4.36. The average Bonchev–Trinajstić information content (AvgIpc) is 3.21. The largest absolute Gasteiger partial charge is 0.543 e. The van der Waals surface area contributed by atoms with Crippen molar-refractivity contribution in [1.29, 1.82) is 0 Å². The summed E-state index contributed by atoms with van der Waals surface area (Å²) in [6.45, 7) is 6.42. The zero-order chi connectivity index (χ0) is 19.6. The number of hydrogen-bond donors (Lipinski definition) is 1. The lowest BCUT2D eigenvalue weighted by Crippen LogP contribution is -2.64. The molecule has 4 heterocycles. The van der Waals surface area contributed by atoms with Gasteiger partial charge in [0, 0.05) is 11.5 Å². The number of aliphatic hydroxyl groups is 1. The molecule has 4 atom stereocenters. The van der Waals surface area contributed by atoms with Gasteiger partial charge in [0.1, 0.15) is 6.20 Å². The Bertz CT molecular complexity index is 990. The van der Waals surface area contributed by atoms with E-state index in [1.807, 2.05) is 30.1 Å². The Balaban J connectivity index is 1.85. The lowest BCUT2D eigenvalue weighted by Gasteiger charge is -2.47. The van der Waals surface area contributed by atoms with Gasteiger partial charge in [-0.3, -0.25) is 4.79 Å². The number of aromatic nitrogens is 2. The minimum atomic E-state index is -1.34. The van der Waals surface area contributed by atoms with E-state index in [-0.39, 0.29) is 23.6 Å². The van der Waals surface area contributed by atoms with Crippen LogP contribution >= 0.6 is 23.1 Å². The number of aliphatic hydroxyl groups excluding tert-OH is 1. The van der Waals surface area contributed by atoms with Crippen LogP contribution in [0.5, 0.6) is 0 Å². The number of carbonyl (C=O) groups is 2. The van der Waals surface area contributed by atoms with E-state index in [0.717, 1.165) is 21.3 Å². The molecule has 1 saturated heterocycles. The van der Waals surface area contributed by atoms with Crippen LogP contribution in [-0.2, 0) is 16.1 Å². The molecule has 7 nitrogen and oxygen atoms in total. The summed E-state index contributed by atoms with van der Waals surface area (Å²) in [7, 11) is 0. The molecule has 4 rings (SSSR count). The third kappa shape index (κ3) is 2.41. The monoisotopic (exact) mass is 407 g/mol. The molecule has 0 spiro atoms. The molecule has 144 valence electrons. The fourth-order valence-electron chi connectivity index (χ4n) is 4.37. The molecule has 9 heteroatoms. The van der Waals surface area contributed by atoms with Crippen LogP contribution in [0.25, 0.3) is 10.4 Å². The summed E-state index contributed by atoms with van der Waals surface area (Å²) < 4.78 is 4.15. The first-order valence-corrected chi connectivity index (χ1v) is 10.9. The maximum Gasteiger partial charge on any atom is 0.250 e. The number of fused-ring (bicyclic) bond motifs is 2. The van der Waals surface area contributed by atoms with Crippen LogP contribution in [0.3, 0.4) is 0 Å². The highest BCUT2D eigenvalue weighted by atomic mass is 32.2. The first-order valence-electron chi connectivity index (χ1n) is 8.86. The molecular weight excluding hydrogens is 386 g/mol. The van der Waals surface area contributed by atoms with E-state index >= 15 is 0 Å². The molecule has 1 amide bonds. The van der Waals surface area contributed by atoms with Crippen LogP contribution in [0.15, 0.2) is 23.2 Å². The molecule has 1 N–H and O–H groups in total. The first-order chi connectivity index (χ1) is 12.8.